The monoisotopic (exact) mass is 330 g/mol. The predicted molar refractivity (Wildman–Crippen MR) is 96.2 cm³/mol. The third-order valence-corrected chi connectivity index (χ3v) is 5.22. The minimum atomic E-state index is 0.774. The summed E-state index contributed by atoms with van der Waals surface area (Å²) in [5, 5.41) is 7.36. The zero-order valence-electron chi connectivity index (χ0n) is 12.5. The zero-order chi connectivity index (χ0) is 15.2. The van der Waals surface area contributed by atoms with Crippen LogP contribution >= 0.6 is 22.7 Å². The fraction of sp³-hybridized carbons (Fsp3) is 0.312. The Labute approximate surface area is 137 Å². The van der Waals surface area contributed by atoms with Crippen molar-refractivity contribution < 1.29 is 0 Å². The molecule has 0 bridgehead atoms. The average molecular weight is 330 g/mol. The van der Waals surface area contributed by atoms with Crippen LogP contribution < -0.4 is 5.43 Å². The van der Waals surface area contributed by atoms with Crippen molar-refractivity contribution in [3.05, 3.63) is 39.7 Å². The first-order chi connectivity index (χ1) is 10.9. The van der Waals surface area contributed by atoms with Gasteiger partial charge in [-0.3, -0.25) is 5.43 Å². The van der Waals surface area contributed by atoms with Crippen molar-refractivity contribution in [1.29, 1.82) is 0 Å². The van der Waals surface area contributed by atoms with Gasteiger partial charge in [0.15, 0.2) is 5.82 Å². The molecule has 0 aromatic carbocycles. The van der Waals surface area contributed by atoms with E-state index in [0.717, 1.165) is 27.3 Å². The molecule has 0 unspecified atom stereocenters. The molecule has 0 atom stereocenters. The van der Waals surface area contributed by atoms with Gasteiger partial charge in [0.2, 0.25) is 0 Å². The van der Waals surface area contributed by atoms with Crippen molar-refractivity contribution in [2.45, 2.75) is 32.6 Å². The lowest BCUT2D eigenvalue weighted by Gasteiger charge is -1.99. The first-order valence-corrected chi connectivity index (χ1v) is 9.12. The summed E-state index contributed by atoms with van der Waals surface area (Å²) in [7, 11) is 0. The third kappa shape index (κ3) is 3.69. The van der Waals surface area contributed by atoms with Gasteiger partial charge in [-0.25, -0.2) is 9.97 Å². The van der Waals surface area contributed by atoms with Crippen molar-refractivity contribution in [3.63, 3.8) is 0 Å². The Hall–Kier alpha value is -1.79. The fourth-order valence-electron chi connectivity index (χ4n) is 2.19. The second-order valence-corrected chi connectivity index (χ2v) is 7.09. The molecule has 0 aliphatic carbocycles. The van der Waals surface area contributed by atoms with E-state index in [2.05, 4.69) is 33.5 Å². The Morgan fingerprint density at radius 1 is 1.32 bits per heavy atom. The molecule has 1 N–H and O–H groups in total. The van der Waals surface area contributed by atoms with Gasteiger partial charge in [0, 0.05) is 9.75 Å². The maximum Gasteiger partial charge on any atom is 0.158 e. The molecule has 0 aliphatic rings. The number of hydrogen-bond acceptors (Lipinski definition) is 6. The van der Waals surface area contributed by atoms with Gasteiger partial charge in [-0.2, -0.15) is 5.10 Å². The molecule has 0 spiro atoms. The number of fused-ring (bicyclic) bond motifs is 1. The lowest BCUT2D eigenvalue weighted by atomic mass is 10.2. The summed E-state index contributed by atoms with van der Waals surface area (Å²) in [6.45, 7) is 2.23. The molecule has 0 saturated carbocycles. The topological polar surface area (TPSA) is 50.2 Å². The van der Waals surface area contributed by atoms with E-state index in [9.17, 15) is 0 Å². The minimum absolute atomic E-state index is 0.774. The van der Waals surface area contributed by atoms with Gasteiger partial charge in [-0.05, 0) is 30.4 Å². The Kier molecular flexibility index (Phi) is 5.13. The summed E-state index contributed by atoms with van der Waals surface area (Å²) in [6, 6.07) is 6.23. The van der Waals surface area contributed by atoms with E-state index >= 15 is 0 Å². The molecule has 0 fully saturated rings. The normalized spacial score (nSPS) is 11.5. The first kappa shape index (κ1) is 15.1. The SMILES string of the molecule is CCCCCc1cc2c(NN=Cc3cccs3)ncnc2s1. The maximum atomic E-state index is 4.37. The van der Waals surface area contributed by atoms with E-state index in [1.165, 1.54) is 24.1 Å². The maximum absolute atomic E-state index is 4.37. The van der Waals surface area contributed by atoms with Gasteiger partial charge < -0.3 is 0 Å². The van der Waals surface area contributed by atoms with Crippen molar-refractivity contribution in [3.8, 4) is 0 Å². The molecular weight excluding hydrogens is 312 g/mol. The summed E-state index contributed by atoms with van der Waals surface area (Å²) in [5.41, 5.74) is 3.04. The van der Waals surface area contributed by atoms with E-state index in [1.54, 1.807) is 29.0 Å². The summed E-state index contributed by atoms with van der Waals surface area (Å²) in [5.74, 6) is 0.774. The molecule has 22 heavy (non-hydrogen) atoms. The number of hydrogen-bond donors (Lipinski definition) is 1. The van der Waals surface area contributed by atoms with E-state index in [0.29, 0.717) is 0 Å². The highest BCUT2D eigenvalue weighted by Gasteiger charge is 2.08. The number of aromatic nitrogens is 2. The molecule has 0 amide bonds. The second kappa shape index (κ2) is 7.47. The number of nitrogens with one attached hydrogen (secondary N) is 1. The van der Waals surface area contributed by atoms with Crippen LogP contribution in [0.5, 0.6) is 0 Å². The minimum Gasteiger partial charge on any atom is -0.261 e. The van der Waals surface area contributed by atoms with E-state index in [1.807, 2.05) is 23.7 Å². The quantitative estimate of drug-likeness (QED) is 0.379. The van der Waals surface area contributed by atoms with E-state index in [-0.39, 0.29) is 0 Å². The van der Waals surface area contributed by atoms with Crippen LogP contribution in [0.2, 0.25) is 0 Å². The molecule has 6 heteroatoms. The molecule has 4 nitrogen and oxygen atoms in total. The Morgan fingerprint density at radius 3 is 3.09 bits per heavy atom. The van der Waals surface area contributed by atoms with Gasteiger partial charge in [0.25, 0.3) is 0 Å². The molecule has 3 aromatic rings. The number of unbranched alkanes of at least 4 members (excludes halogenated alkanes) is 2. The predicted octanol–water partition coefficient (Wildman–Crippen LogP) is 4.93. The van der Waals surface area contributed by atoms with Crippen molar-refractivity contribution in [2.75, 3.05) is 5.43 Å². The van der Waals surface area contributed by atoms with E-state index < -0.39 is 0 Å². The molecule has 114 valence electrons. The van der Waals surface area contributed by atoms with Gasteiger partial charge >= 0.3 is 0 Å². The second-order valence-electron chi connectivity index (χ2n) is 5.00. The Balaban J connectivity index is 1.74. The van der Waals surface area contributed by atoms with Gasteiger partial charge in [0.05, 0.1) is 11.6 Å². The summed E-state index contributed by atoms with van der Waals surface area (Å²) in [6.07, 6.45) is 8.28. The standard InChI is InChI=1S/C16H18N4S2/c1-2-3-4-6-12-9-14-15(17-11-18-16(14)22-12)20-19-10-13-7-5-8-21-13/h5,7-11H,2-4,6H2,1H3,(H,17,18,20). The van der Waals surface area contributed by atoms with Crippen LogP contribution in [0.15, 0.2) is 35.0 Å². The number of aryl methyl sites for hydroxylation is 1. The Morgan fingerprint density at radius 2 is 2.27 bits per heavy atom. The molecule has 3 heterocycles. The van der Waals surface area contributed by atoms with Crippen LogP contribution in [0.25, 0.3) is 10.2 Å². The number of anilines is 1. The smallest absolute Gasteiger partial charge is 0.158 e. The number of rotatable bonds is 7. The van der Waals surface area contributed by atoms with Crippen LogP contribution in [0.1, 0.15) is 35.9 Å². The molecule has 0 saturated heterocycles. The summed E-state index contributed by atoms with van der Waals surface area (Å²) < 4.78 is 0. The average Bonchev–Trinajstić information content (AvgIpc) is 3.17. The highest BCUT2D eigenvalue weighted by atomic mass is 32.1. The first-order valence-electron chi connectivity index (χ1n) is 7.43. The van der Waals surface area contributed by atoms with E-state index in [4.69, 9.17) is 0 Å². The van der Waals surface area contributed by atoms with Gasteiger partial charge in [0.1, 0.15) is 11.2 Å². The fourth-order valence-corrected chi connectivity index (χ4v) is 3.81. The molecule has 0 aliphatic heterocycles. The highest BCUT2D eigenvalue weighted by Crippen LogP contribution is 2.29. The zero-order valence-corrected chi connectivity index (χ0v) is 14.1. The number of hydrazone groups is 1. The van der Waals surface area contributed by atoms with Crippen LogP contribution in [-0.4, -0.2) is 16.2 Å². The van der Waals surface area contributed by atoms with Crippen molar-refractivity contribution in [1.82, 2.24) is 9.97 Å². The molecule has 3 aromatic heterocycles. The molecule has 0 radical (unpaired) electrons. The van der Waals surface area contributed by atoms with Crippen molar-refractivity contribution in [2.24, 2.45) is 5.10 Å². The summed E-state index contributed by atoms with van der Waals surface area (Å²) in [4.78, 5) is 12.2. The van der Waals surface area contributed by atoms with Crippen LogP contribution in [0.4, 0.5) is 5.82 Å². The highest BCUT2D eigenvalue weighted by molar-refractivity contribution is 7.18. The molecular formula is C16H18N4S2. The third-order valence-electron chi connectivity index (χ3n) is 3.31. The van der Waals surface area contributed by atoms with Gasteiger partial charge in [-0.1, -0.05) is 25.8 Å². The number of thiophene rings is 2. The Bertz CT molecular complexity index is 747. The van der Waals surface area contributed by atoms with Crippen LogP contribution in [0.3, 0.4) is 0 Å². The largest absolute Gasteiger partial charge is 0.261 e. The summed E-state index contributed by atoms with van der Waals surface area (Å²) >= 11 is 3.41. The van der Waals surface area contributed by atoms with Crippen LogP contribution in [-0.2, 0) is 6.42 Å². The number of nitrogens with zero attached hydrogens (tertiary/aromatic N) is 3. The van der Waals surface area contributed by atoms with Gasteiger partial charge in [-0.15, -0.1) is 22.7 Å². The van der Waals surface area contributed by atoms with Crippen LogP contribution in [0, 0.1) is 0 Å². The lowest BCUT2D eigenvalue weighted by Crippen LogP contribution is -1.93. The lowest BCUT2D eigenvalue weighted by molar-refractivity contribution is 0.723. The molecule has 3 rings (SSSR count). The van der Waals surface area contributed by atoms with Crippen molar-refractivity contribution >= 4 is 44.9 Å².